The number of rotatable bonds is 5. The van der Waals surface area contributed by atoms with E-state index in [1.807, 2.05) is 33.8 Å². The van der Waals surface area contributed by atoms with E-state index < -0.39 is 0 Å². The standard InChI is InChI=1S/C17H24ClNO3/c1-5-21-17-6-11(2)15(18)7-14(17)16(20)10-19-8-12(3)22-13(4)9-19/h6-7,12-13H,5,8-10H2,1-4H3. The Hall–Kier alpha value is -1.10. The second-order valence-corrected chi connectivity index (χ2v) is 6.31. The maximum absolute atomic E-state index is 12.7. The van der Waals surface area contributed by atoms with Crippen LogP contribution in [0.5, 0.6) is 5.75 Å². The maximum Gasteiger partial charge on any atom is 0.180 e. The number of aryl methyl sites for hydroxylation is 1. The van der Waals surface area contributed by atoms with E-state index in [-0.39, 0.29) is 18.0 Å². The van der Waals surface area contributed by atoms with Gasteiger partial charge in [-0.05, 0) is 45.4 Å². The Morgan fingerprint density at radius 3 is 2.59 bits per heavy atom. The van der Waals surface area contributed by atoms with E-state index in [1.54, 1.807) is 6.07 Å². The third-order valence-corrected chi connectivity index (χ3v) is 4.13. The Morgan fingerprint density at radius 1 is 1.36 bits per heavy atom. The summed E-state index contributed by atoms with van der Waals surface area (Å²) < 4.78 is 11.3. The summed E-state index contributed by atoms with van der Waals surface area (Å²) in [7, 11) is 0. The highest BCUT2D eigenvalue weighted by Gasteiger charge is 2.25. The number of hydrogen-bond donors (Lipinski definition) is 0. The first-order valence-electron chi connectivity index (χ1n) is 7.74. The summed E-state index contributed by atoms with van der Waals surface area (Å²) in [6.45, 7) is 10.3. The number of benzene rings is 1. The van der Waals surface area contributed by atoms with Crippen LogP contribution in [-0.2, 0) is 4.74 Å². The van der Waals surface area contributed by atoms with Gasteiger partial charge in [0.1, 0.15) is 5.75 Å². The Balaban J connectivity index is 2.16. The zero-order chi connectivity index (χ0) is 16.3. The highest BCUT2D eigenvalue weighted by atomic mass is 35.5. The Labute approximate surface area is 137 Å². The fourth-order valence-corrected chi connectivity index (χ4v) is 3.01. The van der Waals surface area contributed by atoms with Crippen molar-refractivity contribution < 1.29 is 14.3 Å². The van der Waals surface area contributed by atoms with Gasteiger partial charge in [-0.3, -0.25) is 9.69 Å². The van der Waals surface area contributed by atoms with E-state index in [4.69, 9.17) is 21.1 Å². The van der Waals surface area contributed by atoms with Crippen molar-refractivity contribution in [3.63, 3.8) is 0 Å². The second-order valence-electron chi connectivity index (χ2n) is 5.91. The van der Waals surface area contributed by atoms with Crippen molar-refractivity contribution in [2.75, 3.05) is 26.2 Å². The van der Waals surface area contributed by atoms with Crippen molar-refractivity contribution in [3.8, 4) is 5.75 Å². The fourth-order valence-electron chi connectivity index (χ4n) is 2.85. The van der Waals surface area contributed by atoms with Crippen LogP contribution in [0.1, 0.15) is 36.7 Å². The molecular formula is C17H24ClNO3. The molecule has 1 aliphatic heterocycles. The topological polar surface area (TPSA) is 38.8 Å². The Morgan fingerprint density at radius 2 is 2.00 bits per heavy atom. The summed E-state index contributed by atoms with van der Waals surface area (Å²) in [6.07, 6.45) is 0.286. The van der Waals surface area contributed by atoms with Crippen LogP contribution in [0, 0.1) is 6.92 Å². The van der Waals surface area contributed by atoms with Crippen LogP contribution >= 0.6 is 11.6 Å². The predicted octanol–water partition coefficient (Wildman–Crippen LogP) is 3.34. The SMILES string of the molecule is CCOc1cc(C)c(Cl)cc1C(=O)CN1CC(C)OC(C)C1. The van der Waals surface area contributed by atoms with Crippen LogP contribution in [0.4, 0.5) is 0 Å². The average Bonchev–Trinajstić information content (AvgIpc) is 2.41. The number of nitrogens with zero attached hydrogens (tertiary/aromatic N) is 1. The lowest BCUT2D eigenvalue weighted by atomic mass is 10.1. The molecule has 22 heavy (non-hydrogen) atoms. The maximum atomic E-state index is 12.7. The highest BCUT2D eigenvalue weighted by molar-refractivity contribution is 6.31. The Kier molecular flexibility index (Phi) is 5.84. The van der Waals surface area contributed by atoms with E-state index in [1.165, 1.54) is 0 Å². The van der Waals surface area contributed by atoms with Crippen LogP contribution in [0.15, 0.2) is 12.1 Å². The number of carbonyl (C=O) groups is 1. The zero-order valence-electron chi connectivity index (χ0n) is 13.7. The molecule has 0 amide bonds. The molecule has 2 rings (SSSR count). The minimum absolute atomic E-state index is 0.0339. The molecule has 0 bridgehead atoms. The van der Waals surface area contributed by atoms with Gasteiger partial charge in [-0.2, -0.15) is 0 Å². The van der Waals surface area contributed by atoms with Gasteiger partial charge in [0.15, 0.2) is 5.78 Å². The zero-order valence-corrected chi connectivity index (χ0v) is 14.4. The molecule has 1 aromatic rings. The first kappa shape index (κ1) is 17.3. The molecule has 1 saturated heterocycles. The van der Waals surface area contributed by atoms with Crippen molar-refractivity contribution >= 4 is 17.4 Å². The summed E-state index contributed by atoms with van der Waals surface area (Å²) >= 11 is 6.18. The minimum Gasteiger partial charge on any atom is -0.493 e. The van der Waals surface area contributed by atoms with Gasteiger partial charge >= 0.3 is 0 Å². The average molecular weight is 326 g/mol. The van der Waals surface area contributed by atoms with E-state index in [2.05, 4.69) is 4.90 Å². The van der Waals surface area contributed by atoms with Gasteiger partial charge in [0.25, 0.3) is 0 Å². The number of Topliss-reactive ketones (excluding diaryl/α,β-unsaturated/α-hetero) is 1. The van der Waals surface area contributed by atoms with Crippen molar-refractivity contribution in [1.82, 2.24) is 4.90 Å². The first-order valence-corrected chi connectivity index (χ1v) is 8.12. The number of ketones is 1. The minimum atomic E-state index is 0.0339. The molecule has 1 aliphatic rings. The third-order valence-electron chi connectivity index (χ3n) is 3.72. The summed E-state index contributed by atoms with van der Waals surface area (Å²) in [6, 6.07) is 3.56. The molecule has 122 valence electrons. The van der Waals surface area contributed by atoms with Crippen molar-refractivity contribution in [2.45, 2.75) is 39.9 Å². The van der Waals surface area contributed by atoms with Gasteiger partial charge < -0.3 is 9.47 Å². The molecule has 1 aromatic carbocycles. The predicted molar refractivity (Wildman–Crippen MR) is 88.1 cm³/mol. The highest BCUT2D eigenvalue weighted by Crippen LogP contribution is 2.27. The molecule has 0 spiro atoms. The molecule has 1 fully saturated rings. The summed E-state index contributed by atoms with van der Waals surface area (Å²) in [4.78, 5) is 14.8. The van der Waals surface area contributed by atoms with Crippen LogP contribution in [0.3, 0.4) is 0 Å². The number of hydrogen-bond acceptors (Lipinski definition) is 4. The molecular weight excluding hydrogens is 302 g/mol. The lowest BCUT2D eigenvalue weighted by Crippen LogP contribution is -2.47. The first-order chi connectivity index (χ1) is 10.4. The van der Waals surface area contributed by atoms with E-state index in [0.29, 0.717) is 29.5 Å². The molecule has 0 aromatic heterocycles. The summed E-state index contributed by atoms with van der Waals surface area (Å²) in [5, 5.41) is 0.593. The molecule has 0 aliphatic carbocycles. The normalized spacial score (nSPS) is 22.6. The van der Waals surface area contributed by atoms with Gasteiger partial charge in [-0.1, -0.05) is 11.6 Å². The number of halogens is 1. The molecule has 4 nitrogen and oxygen atoms in total. The van der Waals surface area contributed by atoms with Crippen molar-refractivity contribution in [3.05, 3.63) is 28.3 Å². The van der Waals surface area contributed by atoms with E-state index >= 15 is 0 Å². The fraction of sp³-hybridized carbons (Fsp3) is 0.588. The monoisotopic (exact) mass is 325 g/mol. The van der Waals surface area contributed by atoms with Gasteiger partial charge in [0, 0.05) is 18.1 Å². The number of morpholine rings is 1. The molecule has 0 radical (unpaired) electrons. The van der Waals surface area contributed by atoms with Crippen LogP contribution in [-0.4, -0.2) is 49.1 Å². The quantitative estimate of drug-likeness (QED) is 0.778. The summed E-state index contributed by atoms with van der Waals surface area (Å²) in [5.41, 5.74) is 1.47. The molecule has 2 atom stereocenters. The molecule has 0 saturated carbocycles. The lowest BCUT2D eigenvalue weighted by Gasteiger charge is -2.34. The van der Waals surface area contributed by atoms with E-state index in [0.717, 1.165) is 18.7 Å². The van der Waals surface area contributed by atoms with Crippen molar-refractivity contribution in [1.29, 1.82) is 0 Å². The number of ether oxygens (including phenoxy) is 2. The van der Waals surface area contributed by atoms with Gasteiger partial charge in [-0.15, -0.1) is 0 Å². The molecule has 2 unspecified atom stereocenters. The van der Waals surface area contributed by atoms with E-state index in [9.17, 15) is 4.79 Å². The van der Waals surface area contributed by atoms with Crippen LogP contribution in [0.2, 0.25) is 5.02 Å². The number of carbonyl (C=O) groups excluding carboxylic acids is 1. The lowest BCUT2D eigenvalue weighted by molar-refractivity contribution is -0.0652. The second kappa shape index (κ2) is 7.44. The van der Waals surface area contributed by atoms with Gasteiger partial charge in [0.05, 0.1) is 30.9 Å². The Bertz CT molecular complexity index is 537. The van der Waals surface area contributed by atoms with Gasteiger partial charge in [0.2, 0.25) is 0 Å². The molecule has 0 N–H and O–H groups in total. The van der Waals surface area contributed by atoms with Crippen molar-refractivity contribution in [2.24, 2.45) is 0 Å². The molecule has 5 heteroatoms. The van der Waals surface area contributed by atoms with Crippen LogP contribution < -0.4 is 4.74 Å². The smallest absolute Gasteiger partial charge is 0.180 e. The largest absolute Gasteiger partial charge is 0.493 e. The third kappa shape index (κ3) is 4.22. The summed E-state index contributed by atoms with van der Waals surface area (Å²) in [5.74, 6) is 0.649. The van der Waals surface area contributed by atoms with Crippen LogP contribution in [0.25, 0.3) is 0 Å². The molecule has 1 heterocycles. The van der Waals surface area contributed by atoms with Gasteiger partial charge in [-0.25, -0.2) is 0 Å².